The maximum atomic E-state index is 13.7. The molecule has 2 aromatic carbocycles. The molecular formula is C19H14F3NO4S. The van der Waals surface area contributed by atoms with Gasteiger partial charge >= 0.3 is 0 Å². The second-order valence-electron chi connectivity index (χ2n) is 5.82. The van der Waals surface area contributed by atoms with Crippen molar-refractivity contribution in [2.45, 2.75) is 11.6 Å². The van der Waals surface area contributed by atoms with Crippen molar-refractivity contribution in [3.05, 3.63) is 82.3 Å². The Morgan fingerprint density at radius 2 is 1.79 bits per heavy atom. The van der Waals surface area contributed by atoms with E-state index in [1.165, 1.54) is 30.5 Å². The molecule has 0 unspecified atom stereocenters. The monoisotopic (exact) mass is 409 g/mol. The Hall–Kier alpha value is -3.07. The molecule has 0 radical (unpaired) electrons. The molecule has 0 aliphatic rings. The number of hydrogen-bond donors (Lipinski definition) is 1. The first-order valence-corrected chi connectivity index (χ1v) is 9.64. The number of aromatic amines is 1. The fourth-order valence-electron chi connectivity index (χ4n) is 2.56. The second kappa shape index (κ2) is 7.89. The number of ether oxygens (including phenoxy) is 1. The lowest BCUT2D eigenvalue weighted by atomic mass is 10.1. The van der Waals surface area contributed by atoms with Crippen LogP contribution in [-0.2, 0) is 16.5 Å². The summed E-state index contributed by atoms with van der Waals surface area (Å²) in [5.74, 6) is -3.16. The lowest BCUT2D eigenvalue weighted by Gasteiger charge is -2.12. The van der Waals surface area contributed by atoms with Crippen molar-refractivity contribution < 1.29 is 26.3 Å². The Labute approximate surface area is 158 Å². The van der Waals surface area contributed by atoms with Crippen LogP contribution in [0.5, 0.6) is 5.75 Å². The van der Waals surface area contributed by atoms with E-state index in [9.17, 15) is 26.4 Å². The van der Waals surface area contributed by atoms with E-state index < -0.39 is 45.4 Å². The minimum Gasteiger partial charge on any atom is -0.474 e. The first kappa shape index (κ1) is 19.7. The van der Waals surface area contributed by atoms with Gasteiger partial charge in [0.1, 0.15) is 12.5 Å². The van der Waals surface area contributed by atoms with Gasteiger partial charge in [-0.05, 0) is 29.8 Å². The number of rotatable bonds is 6. The van der Waals surface area contributed by atoms with Crippen molar-refractivity contribution in [3.8, 4) is 16.9 Å². The van der Waals surface area contributed by atoms with Crippen LogP contribution < -0.4 is 10.3 Å². The zero-order valence-electron chi connectivity index (χ0n) is 14.3. The molecule has 0 bridgehead atoms. The van der Waals surface area contributed by atoms with Crippen molar-refractivity contribution >= 4 is 9.84 Å². The summed E-state index contributed by atoms with van der Waals surface area (Å²) >= 11 is 0. The molecule has 3 rings (SSSR count). The number of halogens is 3. The van der Waals surface area contributed by atoms with Crippen LogP contribution in [0.4, 0.5) is 13.2 Å². The van der Waals surface area contributed by atoms with Crippen LogP contribution in [-0.4, -0.2) is 19.3 Å². The van der Waals surface area contributed by atoms with E-state index in [4.69, 9.17) is 4.74 Å². The maximum absolute atomic E-state index is 13.7. The Morgan fingerprint density at radius 3 is 2.50 bits per heavy atom. The highest BCUT2D eigenvalue weighted by Gasteiger charge is 2.21. The number of nitrogens with one attached hydrogen (secondary N) is 1. The highest BCUT2D eigenvalue weighted by atomic mass is 32.2. The number of aromatic nitrogens is 1. The molecule has 1 N–H and O–H groups in total. The normalized spacial score (nSPS) is 11.4. The summed E-state index contributed by atoms with van der Waals surface area (Å²) in [6.07, 6.45) is 1.27. The summed E-state index contributed by atoms with van der Waals surface area (Å²) in [7, 11) is -4.06. The number of pyridine rings is 1. The standard InChI is InChI=1S/C19H14F3NO4S/c20-9-12-7-13(10-23-19(12)24)15-3-1-2-4-18(15)28(25,26)11-27-17-6-5-14(21)8-16(17)22/h1-8,10H,9,11H2,(H,23,24). The molecule has 28 heavy (non-hydrogen) atoms. The average Bonchev–Trinajstić information content (AvgIpc) is 2.68. The molecule has 0 saturated carbocycles. The van der Waals surface area contributed by atoms with E-state index in [0.717, 1.165) is 12.1 Å². The molecule has 5 nitrogen and oxygen atoms in total. The van der Waals surface area contributed by atoms with Gasteiger partial charge in [-0.15, -0.1) is 0 Å². The third-order valence-corrected chi connectivity index (χ3v) is 5.38. The predicted octanol–water partition coefficient (Wildman–Crippen LogP) is 3.60. The lowest BCUT2D eigenvalue weighted by molar-refractivity contribution is 0.353. The van der Waals surface area contributed by atoms with Crippen LogP contribution >= 0.6 is 0 Å². The van der Waals surface area contributed by atoms with Crippen LogP contribution in [0.25, 0.3) is 11.1 Å². The smallest absolute Gasteiger partial charge is 0.253 e. The lowest BCUT2D eigenvalue weighted by Crippen LogP contribution is -2.15. The molecule has 0 amide bonds. The first-order valence-electron chi connectivity index (χ1n) is 7.99. The van der Waals surface area contributed by atoms with Gasteiger partial charge in [0, 0.05) is 23.4 Å². The van der Waals surface area contributed by atoms with Gasteiger partial charge in [-0.3, -0.25) is 4.79 Å². The second-order valence-corrected chi connectivity index (χ2v) is 7.73. The van der Waals surface area contributed by atoms with Gasteiger partial charge < -0.3 is 9.72 Å². The first-order chi connectivity index (χ1) is 13.3. The van der Waals surface area contributed by atoms with E-state index >= 15 is 0 Å². The van der Waals surface area contributed by atoms with Gasteiger partial charge in [-0.25, -0.2) is 21.6 Å². The number of sulfone groups is 1. The molecule has 1 aromatic heterocycles. The van der Waals surface area contributed by atoms with Gasteiger partial charge in [0.15, 0.2) is 17.5 Å². The topological polar surface area (TPSA) is 76.2 Å². The Balaban J connectivity index is 1.96. The molecule has 3 aromatic rings. The summed E-state index contributed by atoms with van der Waals surface area (Å²) in [6.45, 7) is -1.01. The number of alkyl halides is 1. The van der Waals surface area contributed by atoms with Crippen molar-refractivity contribution in [1.82, 2.24) is 4.98 Å². The highest BCUT2D eigenvalue weighted by Crippen LogP contribution is 2.28. The summed E-state index contributed by atoms with van der Waals surface area (Å²) < 4.78 is 70.1. The molecule has 0 atom stereocenters. The van der Waals surface area contributed by atoms with E-state index in [-0.39, 0.29) is 16.0 Å². The van der Waals surface area contributed by atoms with Crippen LogP contribution in [0.3, 0.4) is 0 Å². The molecule has 0 aliphatic heterocycles. The summed E-state index contributed by atoms with van der Waals surface area (Å²) in [5, 5.41) is 0. The minimum atomic E-state index is -4.06. The molecule has 0 spiro atoms. The highest BCUT2D eigenvalue weighted by molar-refractivity contribution is 7.91. The molecule has 0 saturated heterocycles. The molecule has 0 fully saturated rings. The fourth-order valence-corrected chi connectivity index (χ4v) is 3.77. The van der Waals surface area contributed by atoms with E-state index in [2.05, 4.69) is 4.98 Å². The van der Waals surface area contributed by atoms with Crippen molar-refractivity contribution in [2.75, 3.05) is 5.94 Å². The zero-order chi connectivity index (χ0) is 20.3. The summed E-state index contributed by atoms with van der Waals surface area (Å²) in [5.41, 5.74) is -0.243. The molecule has 0 aliphatic carbocycles. The van der Waals surface area contributed by atoms with Gasteiger partial charge in [-0.2, -0.15) is 0 Å². The third-order valence-electron chi connectivity index (χ3n) is 3.92. The predicted molar refractivity (Wildman–Crippen MR) is 96.3 cm³/mol. The Kier molecular flexibility index (Phi) is 5.55. The van der Waals surface area contributed by atoms with Gasteiger partial charge in [0.25, 0.3) is 5.56 Å². The Morgan fingerprint density at radius 1 is 1.04 bits per heavy atom. The number of benzene rings is 2. The largest absolute Gasteiger partial charge is 0.474 e. The summed E-state index contributed by atoms with van der Waals surface area (Å²) in [6, 6.07) is 9.63. The summed E-state index contributed by atoms with van der Waals surface area (Å²) in [4.78, 5) is 13.8. The van der Waals surface area contributed by atoms with Crippen LogP contribution in [0.1, 0.15) is 5.56 Å². The molecular weight excluding hydrogens is 395 g/mol. The minimum absolute atomic E-state index is 0.144. The SMILES string of the molecule is O=c1[nH]cc(-c2ccccc2S(=O)(=O)COc2ccc(F)cc2F)cc1CF. The fraction of sp³-hybridized carbons (Fsp3) is 0.105. The quantitative estimate of drug-likeness (QED) is 0.675. The van der Waals surface area contributed by atoms with Crippen molar-refractivity contribution in [1.29, 1.82) is 0 Å². The van der Waals surface area contributed by atoms with Crippen LogP contribution in [0.15, 0.2) is 64.4 Å². The van der Waals surface area contributed by atoms with E-state index in [1.54, 1.807) is 6.07 Å². The van der Waals surface area contributed by atoms with Gasteiger partial charge in [0.2, 0.25) is 9.84 Å². The molecule has 1 heterocycles. The van der Waals surface area contributed by atoms with Crippen molar-refractivity contribution in [3.63, 3.8) is 0 Å². The van der Waals surface area contributed by atoms with Crippen LogP contribution in [0, 0.1) is 11.6 Å². The van der Waals surface area contributed by atoms with E-state index in [0.29, 0.717) is 11.6 Å². The number of hydrogen-bond acceptors (Lipinski definition) is 4. The van der Waals surface area contributed by atoms with Crippen LogP contribution in [0.2, 0.25) is 0 Å². The van der Waals surface area contributed by atoms with Gasteiger partial charge in [-0.1, -0.05) is 18.2 Å². The van der Waals surface area contributed by atoms with E-state index in [1.807, 2.05) is 0 Å². The third kappa shape index (κ3) is 4.09. The van der Waals surface area contributed by atoms with Crippen molar-refractivity contribution in [2.24, 2.45) is 0 Å². The molecule has 146 valence electrons. The number of H-pyrrole nitrogens is 1. The maximum Gasteiger partial charge on any atom is 0.253 e. The Bertz CT molecular complexity index is 1180. The zero-order valence-corrected chi connectivity index (χ0v) is 15.1. The average molecular weight is 409 g/mol. The molecule has 9 heteroatoms. The van der Waals surface area contributed by atoms with Gasteiger partial charge in [0.05, 0.1) is 4.90 Å².